The van der Waals surface area contributed by atoms with Gasteiger partial charge in [-0.2, -0.15) is 0 Å². The van der Waals surface area contributed by atoms with Gasteiger partial charge in [-0.25, -0.2) is 4.79 Å². The molecule has 0 unspecified atom stereocenters. The number of fused-ring (bicyclic) bond motifs is 1. The molecule has 1 atom stereocenters. The summed E-state index contributed by atoms with van der Waals surface area (Å²) in [7, 11) is -1.28. The van der Waals surface area contributed by atoms with Crippen LogP contribution in [0.2, 0.25) is 0 Å². The monoisotopic (exact) mass is 381 g/mol. The minimum Gasteiger partial charge on any atom is -0.452 e. The molecule has 1 N–H and O–H groups in total. The second-order valence-corrected chi connectivity index (χ2v) is 7.52. The molecule has 138 valence electrons. The smallest absolute Gasteiger partial charge is 0.339 e. The number of esters is 1. The number of benzene rings is 3. The van der Waals surface area contributed by atoms with Crippen LogP contribution >= 0.6 is 0 Å². The molecule has 0 heterocycles. The van der Waals surface area contributed by atoms with Crippen LogP contribution in [0.25, 0.3) is 10.8 Å². The van der Waals surface area contributed by atoms with E-state index in [0.717, 1.165) is 10.8 Å². The predicted molar refractivity (Wildman–Crippen MR) is 106 cm³/mol. The van der Waals surface area contributed by atoms with Crippen molar-refractivity contribution in [3.63, 3.8) is 0 Å². The molecule has 1 amide bonds. The Kier molecular flexibility index (Phi) is 5.98. The van der Waals surface area contributed by atoms with E-state index < -0.39 is 29.3 Å². The molecule has 3 aromatic rings. The summed E-state index contributed by atoms with van der Waals surface area (Å²) in [5, 5.41) is 4.79. The minimum absolute atomic E-state index is 0.219. The van der Waals surface area contributed by atoms with Crippen LogP contribution in [-0.4, -0.2) is 28.4 Å². The van der Waals surface area contributed by atoms with E-state index in [-0.39, 0.29) is 5.56 Å². The average Bonchev–Trinajstić information content (AvgIpc) is 2.71. The molecule has 6 heteroatoms. The van der Waals surface area contributed by atoms with Gasteiger partial charge < -0.3 is 10.1 Å². The maximum atomic E-state index is 12.3. The van der Waals surface area contributed by atoms with Crippen LogP contribution in [0.1, 0.15) is 17.3 Å². The van der Waals surface area contributed by atoms with E-state index >= 15 is 0 Å². The molecule has 0 radical (unpaired) electrons. The lowest BCUT2D eigenvalue weighted by Crippen LogP contribution is -2.21. The SMILES string of the molecule is CC[S@](=O)c1ccccc1C(=O)OCC(=O)Nc1ccc2ccccc2c1. The molecule has 3 aromatic carbocycles. The third-order valence-electron chi connectivity index (χ3n) is 3.98. The first-order valence-corrected chi connectivity index (χ1v) is 9.83. The lowest BCUT2D eigenvalue weighted by atomic mass is 10.1. The van der Waals surface area contributed by atoms with Gasteiger partial charge in [0.1, 0.15) is 0 Å². The Bertz CT molecular complexity index is 1020. The Balaban J connectivity index is 1.63. The van der Waals surface area contributed by atoms with Gasteiger partial charge in [-0.1, -0.05) is 49.4 Å². The van der Waals surface area contributed by atoms with Gasteiger partial charge in [0.05, 0.1) is 21.3 Å². The number of nitrogens with one attached hydrogen (secondary N) is 1. The highest BCUT2D eigenvalue weighted by Gasteiger charge is 2.17. The highest BCUT2D eigenvalue weighted by atomic mass is 32.2. The summed E-state index contributed by atoms with van der Waals surface area (Å²) in [5.41, 5.74) is 0.846. The van der Waals surface area contributed by atoms with Gasteiger partial charge in [0.2, 0.25) is 0 Å². The summed E-state index contributed by atoms with van der Waals surface area (Å²) >= 11 is 0. The van der Waals surface area contributed by atoms with E-state index in [1.54, 1.807) is 37.3 Å². The van der Waals surface area contributed by atoms with Crippen molar-refractivity contribution in [3.8, 4) is 0 Å². The normalized spacial score (nSPS) is 11.7. The number of hydrogen-bond donors (Lipinski definition) is 1. The summed E-state index contributed by atoms with van der Waals surface area (Å²) in [4.78, 5) is 24.8. The lowest BCUT2D eigenvalue weighted by molar-refractivity contribution is -0.119. The fraction of sp³-hybridized carbons (Fsp3) is 0.143. The highest BCUT2D eigenvalue weighted by molar-refractivity contribution is 7.85. The first-order valence-electron chi connectivity index (χ1n) is 8.51. The molecule has 0 bridgehead atoms. The van der Waals surface area contributed by atoms with E-state index in [1.807, 2.05) is 36.4 Å². The molecule has 0 aromatic heterocycles. The molecule has 0 aliphatic carbocycles. The van der Waals surface area contributed by atoms with Crippen molar-refractivity contribution < 1.29 is 18.5 Å². The van der Waals surface area contributed by atoms with E-state index in [0.29, 0.717) is 16.3 Å². The summed E-state index contributed by atoms with van der Waals surface area (Å²) < 4.78 is 17.1. The van der Waals surface area contributed by atoms with Crippen molar-refractivity contribution >= 4 is 39.1 Å². The summed E-state index contributed by atoms with van der Waals surface area (Å²) in [6.07, 6.45) is 0. The van der Waals surface area contributed by atoms with Crippen molar-refractivity contribution in [2.45, 2.75) is 11.8 Å². The molecule has 5 nitrogen and oxygen atoms in total. The second kappa shape index (κ2) is 8.60. The van der Waals surface area contributed by atoms with Crippen LogP contribution in [-0.2, 0) is 20.3 Å². The number of carbonyl (C=O) groups is 2. The van der Waals surface area contributed by atoms with Crippen molar-refractivity contribution in [1.29, 1.82) is 0 Å². The molecule has 27 heavy (non-hydrogen) atoms. The van der Waals surface area contributed by atoms with E-state index in [1.165, 1.54) is 0 Å². The van der Waals surface area contributed by atoms with Crippen LogP contribution in [0.4, 0.5) is 5.69 Å². The fourth-order valence-corrected chi connectivity index (χ4v) is 3.60. The number of carbonyl (C=O) groups excluding carboxylic acids is 2. The molecular weight excluding hydrogens is 362 g/mol. The number of anilines is 1. The van der Waals surface area contributed by atoms with Crippen LogP contribution in [0.15, 0.2) is 71.6 Å². The molecular formula is C21H19NO4S. The fourth-order valence-electron chi connectivity index (χ4n) is 2.66. The van der Waals surface area contributed by atoms with Gasteiger partial charge in [0, 0.05) is 11.4 Å². The number of rotatable bonds is 6. The number of amides is 1. The van der Waals surface area contributed by atoms with E-state index in [4.69, 9.17) is 4.74 Å². The zero-order valence-corrected chi connectivity index (χ0v) is 15.6. The summed E-state index contributed by atoms with van der Waals surface area (Å²) in [6, 6.07) is 19.9. The average molecular weight is 381 g/mol. The molecule has 0 fully saturated rings. The standard InChI is InChI=1S/C21H19NO4S/c1-2-27(25)19-10-6-5-9-18(19)21(24)26-14-20(23)22-17-12-11-15-7-3-4-8-16(15)13-17/h3-13H,2,14H2,1H3,(H,22,23)/t27-/m0/s1. The zero-order valence-electron chi connectivity index (χ0n) is 14.8. The van der Waals surface area contributed by atoms with Crippen molar-refractivity contribution in [1.82, 2.24) is 0 Å². The third kappa shape index (κ3) is 4.60. The molecule has 0 saturated carbocycles. The molecule has 3 rings (SSSR count). The summed E-state index contributed by atoms with van der Waals surface area (Å²) in [6.45, 7) is 1.36. The highest BCUT2D eigenvalue weighted by Crippen LogP contribution is 2.19. The van der Waals surface area contributed by atoms with Crippen LogP contribution < -0.4 is 5.32 Å². The maximum absolute atomic E-state index is 12.3. The topological polar surface area (TPSA) is 72.5 Å². The molecule has 0 spiro atoms. The number of hydrogen-bond acceptors (Lipinski definition) is 4. The Morgan fingerprint density at radius 1 is 0.963 bits per heavy atom. The first kappa shape index (κ1) is 18.8. The first-order chi connectivity index (χ1) is 13.1. The van der Waals surface area contributed by atoms with E-state index in [9.17, 15) is 13.8 Å². The Hall–Kier alpha value is -2.99. The van der Waals surface area contributed by atoms with Crippen LogP contribution in [0.5, 0.6) is 0 Å². The third-order valence-corrected chi connectivity index (χ3v) is 5.35. The largest absolute Gasteiger partial charge is 0.452 e. The molecule has 0 aliphatic rings. The van der Waals surface area contributed by atoms with Gasteiger partial charge in [-0.3, -0.25) is 9.00 Å². The lowest BCUT2D eigenvalue weighted by Gasteiger charge is -2.09. The minimum atomic E-state index is -1.28. The Morgan fingerprint density at radius 3 is 2.44 bits per heavy atom. The summed E-state index contributed by atoms with van der Waals surface area (Å²) in [5.74, 6) is -0.707. The number of ether oxygens (including phenoxy) is 1. The van der Waals surface area contributed by atoms with Crippen LogP contribution in [0, 0.1) is 0 Å². The molecule has 0 saturated heterocycles. The zero-order chi connectivity index (χ0) is 19.2. The van der Waals surface area contributed by atoms with Gasteiger partial charge in [0.15, 0.2) is 6.61 Å². The van der Waals surface area contributed by atoms with Gasteiger partial charge >= 0.3 is 5.97 Å². The quantitative estimate of drug-likeness (QED) is 0.660. The van der Waals surface area contributed by atoms with Crippen molar-refractivity contribution in [2.24, 2.45) is 0 Å². The Morgan fingerprint density at radius 2 is 1.67 bits per heavy atom. The van der Waals surface area contributed by atoms with Crippen molar-refractivity contribution in [2.75, 3.05) is 17.7 Å². The predicted octanol–water partition coefficient (Wildman–Crippen LogP) is 3.76. The second-order valence-electron chi connectivity index (χ2n) is 5.82. The van der Waals surface area contributed by atoms with E-state index in [2.05, 4.69) is 5.32 Å². The molecule has 0 aliphatic heterocycles. The van der Waals surface area contributed by atoms with Crippen molar-refractivity contribution in [3.05, 3.63) is 72.3 Å². The Labute approximate surface area is 159 Å². The van der Waals surface area contributed by atoms with Gasteiger partial charge in [-0.05, 0) is 35.0 Å². The van der Waals surface area contributed by atoms with Crippen LogP contribution in [0.3, 0.4) is 0 Å². The van der Waals surface area contributed by atoms with Gasteiger partial charge in [0.25, 0.3) is 5.91 Å². The maximum Gasteiger partial charge on any atom is 0.339 e. The van der Waals surface area contributed by atoms with Gasteiger partial charge in [-0.15, -0.1) is 0 Å².